The molecule has 108 valence electrons. The van der Waals surface area contributed by atoms with Crippen molar-refractivity contribution in [3.63, 3.8) is 0 Å². The molecular formula is C16H12BrFO2S. The van der Waals surface area contributed by atoms with E-state index in [-0.39, 0.29) is 5.82 Å². The summed E-state index contributed by atoms with van der Waals surface area (Å²) in [7, 11) is 0. The molecule has 0 atom stereocenters. The van der Waals surface area contributed by atoms with Crippen molar-refractivity contribution in [3.8, 4) is 0 Å². The van der Waals surface area contributed by atoms with Gasteiger partial charge in [-0.05, 0) is 47.5 Å². The number of carbonyl (C=O) groups is 1. The molecule has 0 spiro atoms. The van der Waals surface area contributed by atoms with Crippen LogP contribution in [-0.4, -0.2) is 11.1 Å². The molecule has 2 rings (SSSR count). The molecule has 5 heteroatoms. The molecule has 0 heterocycles. The molecule has 0 bridgehead atoms. The van der Waals surface area contributed by atoms with E-state index in [0.717, 1.165) is 21.0 Å². The van der Waals surface area contributed by atoms with Crippen molar-refractivity contribution in [2.24, 2.45) is 0 Å². The van der Waals surface area contributed by atoms with Gasteiger partial charge in [-0.3, -0.25) is 0 Å². The summed E-state index contributed by atoms with van der Waals surface area (Å²) >= 11 is 5.00. The van der Waals surface area contributed by atoms with Gasteiger partial charge in [-0.15, -0.1) is 11.8 Å². The van der Waals surface area contributed by atoms with Gasteiger partial charge in [0.15, 0.2) is 0 Å². The Bertz CT molecular complexity index is 686. The van der Waals surface area contributed by atoms with Crippen LogP contribution in [0.1, 0.15) is 11.1 Å². The van der Waals surface area contributed by atoms with Gasteiger partial charge in [0, 0.05) is 21.2 Å². The molecule has 0 aromatic heterocycles. The number of rotatable bonds is 5. The maximum absolute atomic E-state index is 13.5. The van der Waals surface area contributed by atoms with Crippen molar-refractivity contribution in [2.75, 3.05) is 0 Å². The minimum Gasteiger partial charge on any atom is -0.478 e. The lowest BCUT2D eigenvalue weighted by Gasteiger charge is -2.05. The van der Waals surface area contributed by atoms with E-state index in [4.69, 9.17) is 5.11 Å². The number of thioether (sulfide) groups is 1. The molecule has 0 saturated heterocycles. The number of carboxylic acids is 1. The Balaban J connectivity index is 2.11. The Hall–Kier alpha value is -1.59. The second kappa shape index (κ2) is 7.43. The Morgan fingerprint density at radius 1 is 1.29 bits per heavy atom. The molecule has 2 nitrogen and oxygen atoms in total. The molecule has 1 N–H and O–H groups in total. The maximum Gasteiger partial charge on any atom is 0.328 e. The summed E-state index contributed by atoms with van der Waals surface area (Å²) in [6.07, 6.45) is 2.39. The first-order valence-electron chi connectivity index (χ1n) is 6.12. The van der Waals surface area contributed by atoms with Crippen LogP contribution in [-0.2, 0) is 10.5 Å². The minimum atomic E-state index is -1.05. The van der Waals surface area contributed by atoms with Crippen molar-refractivity contribution < 1.29 is 14.3 Å². The highest BCUT2D eigenvalue weighted by atomic mass is 79.9. The molecule has 0 unspecified atom stereocenters. The Labute approximate surface area is 134 Å². The summed E-state index contributed by atoms with van der Waals surface area (Å²) in [5.41, 5.74) is 1.35. The fraction of sp³-hybridized carbons (Fsp3) is 0.0625. The molecule has 0 fully saturated rings. The molecular weight excluding hydrogens is 355 g/mol. The van der Waals surface area contributed by atoms with E-state index in [2.05, 4.69) is 15.9 Å². The predicted molar refractivity (Wildman–Crippen MR) is 86.8 cm³/mol. The van der Waals surface area contributed by atoms with E-state index in [1.807, 2.05) is 24.3 Å². The maximum atomic E-state index is 13.5. The lowest BCUT2D eigenvalue weighted by Crippen LogP contribution is -1.89. The highest BCUT2D eigenvalue weighted by Crippen LogP contribution is 2.26. The van der Waals surface area contributed by atoms with E-state index < -0.39 is 5.97 Å². The van der Waals surface area contributed by atoms with Gasteiger partial charge in [0.25, 0.3) is 0 Å². The standard InChI is InChI=1S/C16H12BrFO2S/c17-13-2-1-3-15(9-13)21-10-12-6-11(4-5-16(19)20)7-14(18)8-12/h1-9H,10H2,(H,19,20). The van der Waals surface area contributed by atoms with E-state index in [1.54, 1.807) is 17.8 Å². The Morgan fingerprint density at radius 3 is 2.81 bits per heavy atom. The van der Waals surface area contributed by atoms with Gasteiger partial charge in [-0.25, -0.2) is 9.18 Å². The topological polar surface area (TPSA) is 37.3 Å². The van der Waals surface area contributed by atoms with Crippen molar-refractivity contribution in [1.29, 1.82) is 0 Å². The number of aliphatic carboxylic acids is 1. The molecule has 2 aromatic carbocycles. The number of carboxylic acid groups (broad SMARTS) is 1. The number of hydrogen-bond donors (Lipinski definition) is 1. The summed E-state index contributed by atoms with van der Waals surface area (Å²) in [5, 5.41) is 8.60. The molecule has 0 aliphatic carbocycles. The summed E-state index contributed by atoms with van der Waals surface area (Å²) in [4.78, 5) is 11.6. The molecule has 0 saturated carbocycles. The van der Waals surface area contributed by atoms with Gasteiger partial charge in [0.05, 0.1) is 0 Å². The normalized spacial score (nSPS) is 11.0. The largest absolute Gasteiger partial charge is 0.478 e. The van der Waals surface area contributed by atoms with Crippen LogP contribution in [0.4, 0.5) is 4.39 Å². The molecule has 0 amide bonds. The zero-order valence-corrected chi connectivity index (χ0v) is 13.3. The molecule has 0 radical (unpaired) electrons. The number of halogens is 2. The van der Waals surface area contributed by atoms with Crippen LogP contribution in [0.2, 0.25) is 0 Å². The summed E-state index contributed by atoms with van der Waals surface area (Å²) in [5.74, 6) is -0.807. The van der Waals surface area contributed by atoms with Crippen LogP contribution in [0, 0.1) is 5.82 Å². The monoisotopic (exact) mass is 366 g/mol. The molecule has 21 heavy (non-hydrogen) atoms. The third-order valence-electron chi connectivity index (χ3n) is 2.60. The highest BCUT2D eigenvalue weighted by molar-refractivity contribution is 9.10. The van der Waals surface area contributed by atoms with E-state index >= 15 is 0 Å². The van der Waals surface area contributed by atoms with Crippen LogP contribution in [0.15, 0.2) is 57.9 Å². The molecule has 2 aromatic rings. The Kier molecular flexibility index (Phi) is 5.59. The van der Waals surface area contributed by atoms with Gasteiger partial charge in [0.2, 0.25) is 0 Å². The van der Waals surface area contributed by atoms with Crippen molar-refractivity contribution in [3.05, 3.63) is 70.0 Å². The van der Waals surface area contributed by atoms with Crippen LogP contribution in [0.3, 0.4) is 0 Å². The lowest BCUT2D eigenvalue weighted by atomic mass is 10.1. The quantitative estimate of drug-likeness (QED) is 0.598. The third kappa shape index (κ3) is 5.36. The second-order valence-corrected chi connectivity index (χ2v) is 6.27. The third-order valence-corrected chi connectivity index (χ3v) is 4.16. The van der Waals surface area contributed by atoms with Crippen LogP contribution in [0.5, 0.6) is 0 Å². The van der Waals surface area contributed by atoms with Gasteiger partial charge in [0.1, 0.15) is 5.82 Å². The highest BCUT2D eigenvalue weighted by Gasteiger charge is 2.02. The first kappa shape index (κ1) is 15.8. The average molecular weight is 367 g/mol. The first-order chi connectivity index (χ1) is 10.0. The van der Waals surface area contributed by atoms with Crippen LogP contribution < -0.4 is 0 Å². The van der Waals surface area contributed by atoms with Crippen molar-refractivity contribution in [2.45, 2.75) is 10.6 Å². The fourth-order valence-electron chi connectivity index (χ4n) is 1.75. The second-order valence-electron chi connectivity index (χ2n) is 4.31. The summed E-state index contributed by atoms with van der Waals surface area (Å²) in [6.45, 7) is 0. The lowest BCUT2D eigenvalue weighted by molar-refractivity contribution is -0.131. The minimum absolute atomic E-state index is 0.368. The fourth-order valence-corrected chi connectivity index (χ4v) is 3.18. The summed E-state index contributed by atoms with van der Waals surface area (Å²) in [6, 6.07) is 12.4. The van der Waals surface area contributed by atoms with Gasteiger partial charge >= 0.3 is 5.97 Å². The number of benzene rings is 2. The van der Waals surface area contributed by atoms with E-state index in [9.17, 15) is 9.18 Å². The van der Waals surface area contributed by atoms with Crippen molar-refractivity contribution in [1.82, 2.24) is 0 Å². The first-order valence-corrected chi connectivity index (χ1v) is 7.89. The van der Waals surface area contributed by atoms with E-state index in [1.165, 1.54) is 18.2 Å². The van der Waals surface area contributed by atoms with Gasteiger partial charge in [-0.2, -0.15) is 0 Å². The number of hydrogen-bond acceptors (Lipinski definition) is 2. The molecule has 0 aliphatic rings. The SMILES string of the molecule is O=C(O)C=Cc1cc(F)cc(CSc2cccc(Br)c2)c1. The zero-order valence-electron chi connectivity index (χ0n) is 10.9. The van der Waals surface area contributed by atoms with Crippen LogP contribution in [0.25, 0.3) is 6.08 Å². The smallest absolute Gasteiger partial charge is 0.328 e. The Morgan fingerprint density at radius 2 is 2.10 bits per heavy atom. The van der Waals surface area contributed by atoms with Gasteiger partial charge in [-0.1, -0.05) is 28.1 Å². The van der Waals surface area contributed by atoms with Crippen molar-refractivity contribution >= 4 is 39.7 Å². The van der Waals surface area contributed by atoms with Gasteiger partial charge < -0.3 is 5.11 Å². The zero-order chi connectivity index (χ0) is 15.2. The summed E-state index contributed by atoms with van der Waals surface area (Å²) < 4.78 is 14.5. The predicted octanol–water partition coefficient (Wildman–Crippen LogP) is 4.98. The average Bonchev–Trinajstić information content (AvgIpc) is 2.43. The van der Waals surface area contributed by atoms with Crippen LogP contribution >= 0.6 is 27.7 Å². The molecule has 0 aliphatic heterocycles. The van der Waals surface area contributed by atoms with E-state index in [0.29, 0.717) is 11.3 Å².